The summed E-state index contributed by atoms with van der Waals surface area (Å²) in [6.45, 7) is 5.89. The summed E-state index contributed by atoms with van der Waals surface area (Å²) >= 11 is 0. The van der Waals surface area contributed by atoms with E-state index in [1.807, 2.05) is 11.6 Å². The van der Waals surface area contributed by atoms with E-state index in [4.69, 9.17) is 10.5 Å². The van der Waals surface area contributed by atoms with Gasteiger partial charge in [0, 0.05) is 13.2 Å². The van der Waals surface area contributed by atoms with Crippen molar-refractivity contribution < 1.29 is 4.74 Å². The van der Waals surface area contributed by atoms with Gasteiger partial charge in [-0.15, -0.1) is 0 Å². The second-order valence-electron chi connectivity index (χ2n) is 5.78. The highest BCUT2D eigenvalue weighted by molar-refractivity contribution is 5.65. The predicted molar refractivity (Wildman–Crippen MR) is 76.2 cm³/mol. The molecule has 0 amide bonds. The minimum Gasteiger partial charge on any atom is -0.394 e. The molecule has 0 spiro atoms. The van der Waals surface area contributed by atoms with E-state index >= 15 is 0 Å². The Bertz CT molecular complexity index is 453. The lowest BCUT2D eigenvalue weighted by Gasteiger charge is -2.21. The monoisotopic (exact) mass is 264 g/mol. The van der Waals surface area contributed by atoms with Gasteiger partial charge in [0.15, 0.2) is 0 Å². The summed E-state index contributed by atoms with van der Waals surface area (Å²) in [5.74, 6) is 1.74. The maximum atomic E-state index is 6.16. The number of hydrogen-bond donors (Lipinski definition) is 2. The molecule has 2 unspecified atom stereocenters. The van der Waals surface area contributed by atoms with E-state index in [1.165, 1.54) is 12.8 Å². The molecule has 1 aromatic heterocycles. The second kappa shape index (κ2) is 5.04. The van der Waals surface area contributed by atoms with Gasteiger partial charge in [-0.3, -0.25) is 0 Å². The van der Waals surface area contributed by atoms with Crippen LogP contribution < -0.4 is 11.1 Å². The molecule has 5 heteroatoms. The van der Waals surface area contributed by atoms with Crippen LogP contribution in [0.25, 0.3) is 0 Å². The molecule has 0 radical (unpaired) electrons. The quantitative estimate of drug-likeness (QED) is 0.855. The van der Waals surface area contributed by atoms with Gasteiger partial charge < -0.3 is 15.8 Å². The van der Waals surface area contributed by atoms with Crippen LogP contribution in [-0.4, -0.2) is 28.5 Å². The zero-order chi connectivity index (χ0) is 13.4. The first-order valence-corrected chi connectivity index (χ1v) is 7.41. The summed E-state index contributed by atoms with van der Waals surface area (Å²) in [6, 6.07) is 0.390. The number of aromatic nitrogens is 2. The van der Waals surface area contributed by atoms with E-state index in [9.17, 15) is 0 Å². The first kappa shape index (κ1) is 12.8. The number of anilines is 2. The maximum Gasteiger partial charge on any atom is 0.148 e. The predicted octanol–water partition coefficient (Wildman–Crippen LogP) is 2.16. The summed E-state index contributed by atoms with van der Waals surface area (Å²) in [4.78, 5) is 0. The van der Waals surface area contributed by atoms with Crippen LogP contribution in [0.1, 0.15) is 38.3 Å². The van der Waals surface area contributed by atoms with Crippen molar-refractivity contribution in [1.29, 1.82) is 0 Å². The summed E-state index contributed by atoms with van der Waals surface area (Å²) in [5, 5.41) is 8.12. The molecule has 1 aliphatic carbocycles. The number of nitrogens with two attached hydrogens (primary N) is 1. The molecule has 2 atom stereocenters. The highest BCUT2D eigenvalue weighted by Gasteiger charge is 2.41. The van der Waals surface area contributed by atoms with Gasteiger partial charge in [-0.05, 0) is 38.5 Å². The SMILES string of the molecule is CCCn1nc(C)c(N)c1NC1CCOC1C1CC1. The van der Waals surface area contributed by atoms with Crippen molar-refractivity contribution in [2.45, 2.75) is 58.2 Å². The van der Waals surface area contributed by atoms with E-state index in [-0.39, 0.29) is 0 Å². The number of nitrogens with one attached hydrogen (secondary N) is 1. The lowest BCUT2D eigenvalue weighted by Crippen LogP contribution is -2.32. The van der Waals surface area contributed by atoms with Crippen molar-refractivity contribution in [2.24, 2.45) is 5.92 Å². The molecule has 1 saturated heterocycles. The standard InChI is InChI=1S/C14H24N4O/c1-3-7-18-14(12(15)9(2)17-18)16-11-6-8-19-13(11)10-4-5-10/h10-11,13,16H,3-8,15H2,1-2H3. The van der Waals surface area contributed by atoms with Crippen LogP contribution in [0, 0.1) is 12.8 Å². The number of rotatable bonds is 5. The topological polar surface area (TPSA) is 65.1 Å². The van der Waals surface area contributed by atoms with Crippen LogP contribution in [0.4, 0.5) is 11.5 Å². The molecule has 0 bridgehead atoms. The van der Waals surface area contributed by atoms with Gasteiger partial charge in [0.2, 0.25) is 0 Å². The summed E-state index contributed by atoms with van der Waals surface area (Å²) in [6.07, 6.45) is 5.11. The minimum atomic E-state index is 0.365. The molecule has 106 valence electrons. The number of nitrogens with zero attached hydrogens (tertiary/aromatic N) is 2. The molecule has 1 aromatic rings. The average Bonchev–Trinajstić information content (AvgIpc) is 3.08. The van der Waals surface area contributed by atoms with Crippen LogP contribution >= 0.6 is 0 Å². The first-order chi connectivity index (χ1) is 9.20. The van der Waals surface area contributed by atoms with E-state index in [0.717, 1.165) is 49.1 Å². The van der Waals surface area contributed by atoms with Crippen LogP contribution in [0.5, 0.6) is 0 Å². The number of ether oxygens (including phenoxy) is 1. The van der Waals surface area contributed by atoms with Gasteiger partial charge in [-0.2, -0.15) is 5.10 Å². The Hall–Kier alpha value is -1.23. The molecule has 19 heavy (non-hydrogen) atoms. The molecule has 2 aliphatic rings. The average molecular weight is 264 g/mol. The van der Waals surface area contributed by atoms with Crippen molar-refractivity contribution in [3.63, 3.8) is 0 Å². The fraction of sp³-hybridized carbons (Fsp3) is 0.786. The van der Waals surface area contributed by atoms with Crippen LogP contribution in [0.15, 0.2) is 0 Å². The van der Waals surface area contributed by atoms with Crippen LogP contribution in [-0.2, 0) is 11.3 Å². The molecule has 5 nitrogen and oxygen atoms in total. The highest BCUT2D eigenvalue weighted by Crippen LogP contribution is 2.40. The first-order valence-electron chi connectivity index (χ1n) is 7.41. The Morgan fingerprint density at radius 1 is 1.42 bits per heavy atom. The van der Waals surface area contributed by atoms with E-state index in [1.54, 1.807) is 0 Å². The third-order valence-corrected chi connectivity index (χ3v) is 4.15. The summed E-state index contributed by atoms with van der Waals surface area (Å²) in [5.41, 5.74) is 7.86. The van der Waals surface area contributed by atoms with E-state index in [2.05, 4.69) is 17.3 Å². The Kier molecular flexibility index (Phi) is 3.39. The van der Waals surface area contributed by atoms with Gasteiger partial charge >= 0.3 is 0 Å². The number of nitrogen functional groups attached to an aromatic ring is 1. The van der Waals surface area contributed by atoms with Gasteiger partial charge in [-0.1, -0.05) is 6.92 Å². The second-order valence-corrected chi connectivity index (χ2v) is 5.78. The molecule has 0 aromatic carbocycles. The van der Waals surface area contributed by atoms with Gasteiger partial charge in [0.05, 0.1) is 23.5 Å². The fourth-order valence-corrected chi connectivity index (χ4v) is 2.95. The molecule has 1 saturated carbocycles. The van der Waals surface area contributed by atoms with Crippen molar-refractivity contribution >= 4 is 11.5 Å². The number of aryl methyl sites for hydroxylation is 2. The Balaban J connectivity index is 1.77. The zero-order valence-corrected chi connectivity index (χ0v) is 11.9. The van der Waals surface area contributed by atoms with Crippen LogP contribution in [0.2, 0.25) is 0 Å². The van der Waals surface area contributed by atoms with E-state index in [0.29, 0.717) is 12.1 Å². The third kappa shape index (κ3) is 2.43. The number of hydrogen-bond acceptors (Lipinski definition) is 4. The van der Waals surface area contributed by atoms with Crippen molar-refractivity contribution in [2.75, 3.05) is 17.7 Å². The highest BCUT2D eigenvalue weighted by atomic mass is 16.5. The largest absolute Gasteiger partial charge is 0.394 e. The summed E-state index contributed by atoms with van der Waals surface area (Å²) in [7, 11) is 0. The fourth-order valence-electron chi connectivity index (χ4n) is 2.95. The Morgan fingerprint density at radius 2 is 2.21 bits per heavy atom. The molecule has 2 heterocycles. The molecule has 1 aliphatic heterocycles. The van der Waals surface area contributed by atoms with Crippen molar-refractivity contribution in [1.82, 2.24) is 9.78 Å². The normalized spacial score (nSPS) is 26.8. The lowest BCUT2D eigenvalue weighted by molar-refractivity contribution is 0.0897. The van der Waals surface area contributed by atoms with Crippen molar-refractivity contribution in [3.8, 4) is 0 Å². The molecular weight excluding hydrogens is 240 g/mol. The van der Waals surface area contributed by atoms with Gasteiger partial charge in [-0.25, -0.2) is 4.68 Å². The smallest absolute Gasteiger partial charge is 0.148 e. The van der Waals surface area contributed by atoms with Crippen molar-refractivity contribution in [3.05, 3.63) is 5.69 Å². The summed E-state index contributed by atoms with van der Waals surface area (Å²) < 4.78 is 7.88. The molecule has 2 fully saturated rings. The van der Waals surface area contributed by atoms with Crippen LogP contribution in [0.3, 0.4) is 0 Å². The minimum absolute atomic E-state index is 0.365. The van der Waals surface area contributed by atoms with E-state index < -0.39 is 0 Å². The molecular formula is C14H24N4O. The Morgan fingerprint density at radius 3 is 2.89 bits per heavy atom. The zero-order valence-electron chi connectivity index (χ0n) is 11.9. The maximum absolute atomic E-state index is 6.16. The lowest BCUT2D eigenvalue weighted by atomic mass is 10.1. The molecule has 3 N–H and O–H groups in total. The molecule has 3 rings (SSSR count). The van der Waals surface area contributed by atoms with Gasteiger partial charge in [0.1, 0.15) is 5.82 Å². The Labute approximate surface area is 114 Å². The van der Waals surface area contributed by atoms with Gasteiger partial charge in [0.25, 0.3) is 0 Å². The third-order valence-electron chi connectivity index (χ3n) is 4.15.